The van der Waals surface area contributed by atoms with Gasteiger partial charge in [0, 0.05) is 6.54 Å². The van der Waals surface area contributed by atoms with Gasteiger partial charge in [0.2, 0.25) is 0 Å². The fourth-order valence-corrected chi connectivity index (χ4v) is 3.93. The predicted octanol–water partition coefficient (Wildman–Crippen LogP) is 4.11. The van der Waals surface area contributed by atoms with E-state index in [1.54, 1.807) is 31.2 Å². The van der Waals surface area contributed by atoms with E-state index in [4.69, 9.17) is 0 Å². The third kappa shape index (κ3) is 4.40. The maximum atomic E-state index is 12.6. The van der Waals surface area contributed by atoms with Gasteiger partial charge in [0.25, 0.3) is 10.0 Å². The first kappa shape index (κ1) is 17.9. The Bertz CT molecular complexity index is 985. The van der Waals surface area contributed by atoms with Crippen LogP contribution in [0.1, 0.15) is 16.7 Å². The Hall–Kier alpha value is -2.86. The zero-order chi connectivity index (χ0) is 18.6. The van der Waals surface area contributed by atoms with Gasteiger partial charge in [0.1, 0.15) is 5.82 Å². The van der Waals surface area contributed by atoms with E-state index in [-0.39, 0.29) is 4.90 Å². The van der Waals surface area contributed by atoms with E-state index in [1.807, 2.05) is 43.3 Å². The molecule has 2 N–H and O–H groups in total. The van der Waals surface area contributed by atoms with E-state index in [2.05, 4.69) is 15.0 Å². The molecule has 134 valence electrons. The van der Waals surface area contributed by atoms with Crippen LogP contribution < -0.4 is 10.0 Å². The SMILES string of the molecule is Cc1ccc(C)c(S(=O)(=O)Nc2ccc(NCc3ccccc3)nc2)c1. The van der Waals surface area contributed by atoms with Crippen molar-refractivity contribution in [3.63, 3.8) is 0 Å². The summed E-state index contributed by atoms with van der Waals surface area (Å²) in [5.74, 6) is 0.684. The summed E-state index contributed by atoms with van der Waals surface area (Å²) >= 11 is 0. The van der Waals surface area contributed by atoms with Gasteiger partial charge in [-0.05, 0) is 48.7 Å². The third-order valence-electron chi connectivity index (χ3n) is 3.97. The second kappa shape index (κ2) is 7.58. The normalized spacial score (nSPS) is 11.2. The van der Waals surface area contributed by atoms with Crippen LogP contribution in [0.15, 0.2) is 71.8 Å². The summed E-state index contributed by atoms with van der Waals surface area (Å²) in [5.41, 5.74) is 3.18. The molecule has 0 aliphatic heterocycles. The Morgan fingerprint density at radius 1 is 0.962 bits per heavy atom. The number of rotatable bonds is 6. The van der Waals surface area contributed by atoms with Crippen molar-refractivity contribution in [2.75, 3.05) is 10.0 Å². The van der Waals surface area contributed by atoms with Crippen LogP contribution in [0.3, 0.4) is 0 Å². The quantitative estimate of drug-likeness (QED) is 0.688. The average Bonchev–Trinajstić information content (AvgIpc) is 2.64. The minimum atomic E-state index is -3.65. The number of benzene rings is 2. The first-order valence-corrected chi connectivity index (χ1v) is 9.76. The second-order valence-electron chi connectivity index (χ2n) is 6.15. The molecule has 0 fully saturated rings. The Labute approximate surface area is 154 Å². The summed E-state index contributed by atoms with van der Waals surface area (Å²) in [6.07, 6.45) is 1.51. The van der Waals surface area contributed by atoms with Gasteiger partial charge in [-0.15, -0.1) is 0 Å². The maximum Gasteiger partial charge on any atom is 0.262 e. The molecule has 26 heavy (non-hydrogen) atoms. The van der Waals surface area contributed by atoms with Gasteiger partial charge in [0.05, 0.1) is 16.8 Å². The molecule has 0 amide bonds. The lowest BCUT2D eigenvalue weighted by atomic mass is 10.2. The number of nitrogens with one attached hydrogen (secondary N) is 2. The second-order valence-corrected chi connectivity index (χ2v) is 7.80. The highest BCUT2D eigenvalue weighted by Gasteiger charge is 2.17. The van der Waals surface area contributed by atoms with Gasteiger partial charge in [0.15, 0.2) is 0 Å². The van der Waals surface area contributed by atoms with Crippen molar-refractivity contribution in [1.29, 1.82) is 0 Å². The molecular weight excluding hydrogens is 346 g/mol. The molecule has 0 bridgehead atoms. The molecule has 3 rings (SSSR count). The van der Waals surface area contributed by atoms with E-state index in [0.717, 1.165) is 11.1 Å². The number of aromatic nitrogens is 1. The molecule has 6 heteroatoms. The van der Waals surface area contributed by atoms with Gasteiger partial charge in [-0.3, -0.25) is 4.72 Å². The summed E-state index contributed by atoms with van der Waals surface area (Å²) in [6, 6.07) is 18.8. The van der Waals surface area contributed by atoms with Crippen LogP contribution in [0, 0.1) is 13.8 Å². The number of nitrogens with zero attached hydrogens (tertiary/aromatic N) is 1. The van der Waals surface area contributed by atoms with E-state index >= 15 is 0 Å². The zero-order valence-corrected chi connectivity index (χ0v) is 15.5. The van der Waals surface area contributed by atoms with Crippen LogP contribution in [0.5, 0.6) is 0 Å². The van der Waals surface area contributed by atoms with E-state index < -0.39 is 10.0 Å². The van der Waals surface area contributed by atoms with Crippen molar-refractivity contribution in [2.45, 2.75) is 25.3 Å². The standard InChI is InChI=1S/C20H21N3O2S/c1-15-8-9-16(2)19(12-15)26(24,25)23-18-10-11-20(22-14-18)21-13-17-6-4-3-5-7-17/h3-12,14,23H,13H2,1-2H3,(H,21,22). The minimum Gasteiger partial charge on any atom is -0.366 e. The number of aryl methyl sites for hydroxylation is 2. The summed E-state index contributed by atoms with van der Waals surface area (Å²) < 4.78 is 27.8. The molecule has 5 nitrogen and oxygen atoms in total. The molecule has 0 unspecified atom stereocenters. The van der Waals surface area contributed by atoms with Crippen molar-refractivity contribution in [1.82, 2.24) is 4.98 Å². The van der Waals surface area contributed by atoms with Crippen LogP contribution in [0.25, 0.3) is 0 Å². The summed E-state index contributed by atoms with van der Waals surface area (Å²) in [5, 5.41) is 3.21. The first-order valence-electron chi connectivity index (χ1n) is 8.28. The lowest BCUT2D eigenvalue weighted by Crippen LogP contribution is -2.14. The highest BCUT2D eigenvalue weighted by Crippen LogP contribution is 2.21. The third-order valence-corrected chi connectivity index (χ3v) is 5.49. The average molecular weight is 367 g/mol. The van der Waals surface area contributed by atoms with Crippen molar-refractivity contribution < 1.29 is 8.42 Å². The highest BCUT2D eigenvalue weighted by atomic mass is 32.2. The van der Waals surface area contributed by atoms with Crippen molar-refractivity contribution in [2.24, 2.45) is 0 Å². The summed E-state index contributed by atoms with van der Waals surface area (Å²) in [7, 11) is -3.65. The Balaban J connectivity index is 1.69. The smallest absolute Gasteiger partial charge is 0.262 e. The minimum absolute atomic E-state index is 0.281. The van der Waals surface area contributed by atoms with Crippen LogP contribution >= 0.6 is 0 Å². The van der Waals surface area contributed by atoms with E-state index in [0.29, 0.717) is 23.6 Å². The maximum absolute atomic E-state index is 12.6. The van der Waals surface area contributed by atoms with Crippen LogP contribution in [-0.4, -0.2) is 13.4 Å². The Kier molecular flexibility index (Phi) is 5.23. The van der Waals surface area contributed by atoms with Gasteiger partial charge in [-0.2, -0.15) is 0 Å². The Morgan fingerprint density at radius 3 is 2.42 bits per heavy atom. The van der Waals surface area contributed by atoms with Crippen LogP contribution in [0.4, 0.5) is 11.5 Å². The summed E-state index contributed by atoms with van der Waals surface area (Å²) in [4.78, 5) is 4.55. The Morgan fingerprint density at radius 2 is 1.73 bits per heavy atom. The molecule has 0 radical (unpaired) electrons. The molecule has 1 heterocycles. The molecule has 2 aromatic carbocycles. The van der Waals surface area contributed by atoms with Crippen molar-refractivity contribution in [3.8, 4) is 0 Å². The molecule has 0 aliphatic rings. The molecule has 1 aromatic heterocycles. The number of anilines is 2. The lowest BCUT2D eigenvalue weighted by Gasteiger charge is -2.12. The predicted molar refractivity (Wildman–Crippen MR) is 105 cm³/mol. The van der Waals surface area contributed by atoms with Crippen LogP contribution in [-0.2, 0) is 16.6 Å². The van der Waals surface area contributed by atoms with Crippen molar-refractivity contribution >= 4 is 21.5 Å². The molecule has 0 atom stereocenters. The van der Waals surface area contributed by atoms with E-state index in [1.165, 1.54) is 6.20 Å². The largest absolute Gasteiger partial charge is 0.366 e. The fourth-order valence-electron chi connectivity index (χ4n) is 2.55. The molecule has 3 aromatic rings. The summed E-state index contributed by atoms with van der Waals surface area (Å²) in [6.45, 7) is 4.30. The van der Waals surface area contributed by atoms with Crippen molar-refractivity contribution in [3.05, 3.63) is 83.6 Å². The number of hydrogen-bond acceptors (Lipinski definition) is 4. The van der Waals surface area contributed by atoms with E-state index in [9.17, 15) is 8.42 Å². The molecular formula is C20H21N3O2S. The lowest BCUT2D eigenvalue weighted by molar-refractivity contribution is 0.600. The van der Waals surface area contributed by atoms with Gasteiger partial charge >= 0.3 is 0 Å². The molecule has 0 saturated heterocycles. The number of sulfonamides is 1. The zero-order valence-electron chi connectivity index (χ0n) is 14.7. The van der Waals surface area contributed by atoms with Gasteiger partial charge < -0.3 is 5.32 Å². The molecule has 0 saturated carbocycles. The molecule has 0 spiro atoms. The fraction of sp³-hybridized carbons (Fsp3) is 0.150. The first-order chi connectivity index (χ1) is 12.4. The topological polar surface area (TPSA) is 71.1 Å². The monoisotopic (exact) mass is 367 g/mol. The van der Waals surface area contributed by atoms with Gasteiger partial charge in [-0.25, -0.2) is 13.4 Å². The molecule has 0 aliphatic carbocycles. The number of hydrogen-bond donors (Lipinski definition) is 2. The highest BCUT2D eigenvalue weighted by molar-refractivity contribution is 7.92. The number of pyridine rings is 1. The van der Waals surface area contributed by atoms with Gasteiger partial charge in [-0.1, -0.05) is 42.5 Å². The van der Waals surface area contributed by atoms with Crippen LogP contribution in [0.2, 0.25) is 0 Å².